The Hall–Kier alpha value is -2.93. The van der Waals surface area contributed by atoms with E-state index in [9.17, 15) is 19.5 Å². The molecule has 0 bridgehead atoms. The van der Waals surface area contributed by atoms with Crippen LogP contribution < -0.4 is 16.2 Å². The average molecular weight is 383 g/mol. The molecular formula is C21H25N3O4. The molecule has 1 heterocycles. The van der Waals surface area contributed by atoms with Gasteiger partial charge in [0.15, 0.2) is 0 Å². The van der Waals surface area contributed by atoms with Crippen molar-refractivity contribution in [2.45, 2.75) is 45.4 Å². The van der Waals surface area contributed by atoms with E-state index in [1.54, 1.807) is 6.07 Å². The second kappa shape index (κ2) is 8.39. The molecule has 1 aliphatic rings. The molecule has 1 aliphatic carbocycles. The monoisotopic (exact) mass is 383 g/mol. The molecule has 7 nitrogen and oxygen atoms in total. The number of aliphatic hydroxyl groups excluding tert-OH is 1. The lowest BCUT2D eigenvalue weighted by atomic mass is 10.0. The summed E-state index contributed by atoms with van der Waals surface area (Å²) in [6.45, 7) is 4.43. The summed E-state index contributed by atoms with van der Waals surface area (Å²) in [7, 11) is 0. The third kappa shape index (κ3) is 4.48. The molecule has 2 amide bonds. The normalized spacial score (nSPS) is 21.3. The summed E-state index contributed by atoms with van der Waals surface area (Å²) in [6.07, 6.45) is 1.22. The highest BCUT2D eigenvalue weighted by molar-refractivity contribution is 5.94. The number of carbonyl (C=O) groups excluding carboxylic acids is 2. The molecule has 28 heavy (non-hydrogen) atoms. The fourth-order valence-corrected chi connectivity index (χ4v) is 3.55. The van der Waals surface area contributed by atoms with Crippen molar-refractivity contribution in [3.05, 3.63) is 69.1 Å². The lowest BCUT2D eigenvalue weighted by Gasteiger charge is -2.16. The van der Waals surface area contributed by atoms with Gasteiger partial charge in [-0.1, -0.05) is 23.8 Å². The summed E-state index contributed by atoms with van der Waals surface area (Å²) >= 11 is 0. The van der Waals surface area contributed by atoms with E-state index in [2.05, 4.69) is 15.6 Å². The van der Waals surface area contributed by atoms with E-state index < -0.39 is 23.6 Å². The van der Waals surface area contributed by atoms with Crippen molar-refractivity contribution < 1.29 is 14.7 Å². The van der Waals surface area contributed by atoms with Crippen LogP contribution in [0.25, 0.3) is 0 Å². The molecular weight excluding hydrogens is 358 g/mol. The molecule has 2 aromatic rings. The van der Waals surface area contributed by atoms with E-state index in [1.807, 2.05) is 32.0 Å². The number of aliphatic hydroxyl groups is 1. The Morgan fingerprint density at radius 2 is 2.00 bits per heavy atom. The van der Waals surface area contributed by atoms with Gasteiger partial charge in [0, 0.05) is 18.7 Å². The third-order valence-corrected chi connectivity index (χ3v) is 5.24. The number of benzene rings is 1. The molecule has 0 spiro atoms. The van der Waals surface area contributed by atoms with E-state index in [1.165, 1.54) is 12.3 Å². The van der Waals surface area contributed by atoms with Crippen molar-refractivity contribution in [1.29, 1.82) is 0 Å². The fourth-order valence-electron chi connectivity index (χ4n) is 3.55. The van der Waals surface area contributed by atoms with Gasteiger partial charge >= 0.3 is 0 Å². The maximum Gasteiger partial charge on any atom is 0.260 e. The number of hydrogen-bond acceptors (Lipinski definition) is 4. The van der Waals surface area contributed by atoms with Gasteiger partial charge in [0.25, 0.3) is 11.5 Å². The second-order valence-electron chi connectivity index (χ2n) is 7.38. The molecule has 1 aromatic heterocycles. The van der Waals surface area contributed by atoms with Gasteiger partial charge < -0.3 is 20.7 Å². The number of aromatic amines is 1. The Morgan fingerprint density at radius 3 is 2.75 bits per heavy atom. The number of amides is 2. The number of hydrogen-bond donors (Lipinski definition) is 4. The highest BCUT2D eigenvalue weighted by Crippen LogP contribution is 2.26. The molecule has 0 saturated heterocycles. The van der Waals surface area contributed by atoms with E-state index in [-0.39, 0.29) is 23.8 Å². The number of H-pyrrole nitrogens is 1. The molecule has 1 aromatic carbocycles. The number of pyridine rings is 1. The smallest absolute Gasteiger partial charge is 0.260 e. The van der Waals surface area contributed by atoms with Crippen molar-refractivity contribution in [1.82, 2.24) is 15.6 Å². The molecule has 0 aliphatic heterocycles. The summed E-state index contributed by atoms with van der Waals surface area (Å²) in [5.74, 6) is -1.09. The number of carbonyl (C=O) groups is 2. The zero-order chi connectivity index (χ0) is 20.3. The van der Waals surface area contributed by atoms with Gasteiger partial charge in [-0.15, -0.1) is 0 Å². The molecule has 1 saturated carbocycles. The predicted molar refractivity (Wildman–Crippen MR) is 105 cm³/mol. The number of aryl methyl sites for hydroxylation is 2. The molecule has 148 valence electrons. The zero-order valence-electron chi connectivity index (χ0n) is 16.0. The van der Waals surface area contributed by atoms with Crippen LogP contribution >= 0.6 is 0 Å². The van der Waals surface area contributed by atoms with Crippen molar-refractivity contribution in [3.63, 3.8) is 0 Å². The Bertz CT molecular complexity index is 937. The fraction of sp³-hybridized carbons (Fsp3) is 0.381. The summed E-state index contributed by atoms with van der Waals surface area (Å²) in [5.41, 5.74) is 2.79. The van der Waals surface area contributed by atoms with Crippen LogP contribution in [0.2, 0.25) is 0 Å². The Labute approximate surface area is 163 Å². The first-order valence-corrected chi connectivity index (χ1v) is 9.35. The van der Waals surface area contributed by atoms with Crippen LogP contribution in [0.3, 0.4) is 0 Å². The highest BCUT2D eigenvalue weighted by atomic mass is 16.3. The van der Waals surface area contributed by atoms with Crippen LogP contribution in [0.4, 0.5) is 0 Å². The zero-order valence-corrected chi connectivity index (χ0v) is 16.0. The summed E-state index contributed by atoms with van der Waals surface area (Å²) in [4.78, 5) is 39.0. The summed E-state index contributed by atoms with van der Waals surface area (Å²) in [5, 5.41) is 15.9. The van der Waals surface area contributed by atoms with E-state index in [0.717, 1.165) is 16.7 Å². The van der Waals surface area contributed by atoms with Crippen molar-refractivity contribution in [2.24, 2.45) is 5.92 Å². The quantitative estimate of drug-likeness (QED) is 0.621. The molecule has 7 heteroatoms. The van der Waals surface area contributed by atoms with Crippen LogP contribution in [0, 0.1) is 19.8 Å². The molecule has 4 N–H and O–H groups in total. The van der Waals surface area contributed by atoms with Crippen molar-refractivity contribution >= 4 is 11.8 Å². The standard InChI is InChI=1S/C21H25N3O4/c1-12-5-6-13(2)15(8-12)11-23-19(26)14-9-17(18(25)10-14)24-21(28)16-4-3-7-22-20(16)27/h3-8,14,17-18,25H,9-11H2,1-2H3,(H,22,27)(H,23,26)(H,24,28)/t14-,17+,18+/m0/s1. The van der Waals surface area contributed by atoms with Crippen LogP contribution in [-0.2, 0) is 11.3 Å². The van der Waals surface area contributed by atoms with Gasteiger partial charge in [0.2, 0.25) is 5.91 Å². The average Bonchev–Trinajstić information content (AvgIpc) is 3.03. The van der Waals surface area contributed by atoms with Gasteiger partial charge in [0.1, 0.15) is 5.56 Å². The first-order valence-electron chi connectivity index (χ1n) is 9.35. The molecule has 0 unspecified atom stereocenters. The van der Waals surface area contributed by atoms with Gasteiger partial charge in [-0.25, -0.2) is 0 Å². The van der Waals surface area contributed by atoms with Gasteiger partial charge in [0.05, 0.1) is 12.1 Å². The van der Waals surface area contributed by atoms with E-state index in [4.69, 9.17) is 0 Å². The minimum Gasteiger partial charge on any atom is -0.391 e. The van der Waals surface area contributed by atoms with Crippen molar-refractivity contribution in [2.75, 3.05) is 0 Å². The largest absolute Gasteiger partial charge is 0.391 e. The Balaban J connectivity index is 1.57. The molecule has 0 radical (unpaired) electrons. The third-order valence-electron chi connectivity index (χ3n) is 5.24. The summed E-state index contributed by atoms with van der Waals surface area (Å²) < 4.78 is 0. The van der Waals surface area contributed by atoms with Gasteiger partial charge in [-0.05, 0) is 49.9 Å². The highest BCUT2D eigenvalue weighted by Gasteiger charge is 2.37. The first-order chi connectivity index (χ1) is 13.3. The van der Waals surface area contributed by atoms with Crippen LogP contribution in [-0.4, -0.2) is 34.1 Å². The summed E-state index contributed by atoms with van der Waals surface area (Å²) in [6, 6.07) is 8.50. The van der Waals surface area contributed by atoms with Crippen molar-refractivity contribution in [3.8, 4) is 0 Å². The van der Waals surface area contributed by atoms with Gasteiger partial charge in [-0.3, -0.25) is 14.4 Å². The van der Waals surface area contributed by atoms with E-state index in [0.29, 0.717) is 13.0 Å². The topological polar surface area (TPSA) is 111 Å². The van der Waals surface area contributed by atoms with Crippen LogP contribution in [0.1, 0.15) is 39.9 Å². The minimum atomic E-state index is -0.830. The maximum atomic E-state index is 12.5. The number of rotatable bonds is 5. The number of aromatic nitrogens is 1. The minimum absolute atomic E-state index is 0.0162. The van der Waals surface area contributed by atoms with E-state index >= 15 is 0 Å². The molecule has 3 atom stereocenters. The molecule has 1 fully saturated rings. The molecule has 3 rings (SSSR count). The lowest BCUT2D eigenvalue weighted by molar-refractivity contribution is -0.125. The van der Waals surface area contributed by atoms with Gasteiger partial charge in [-0.2, -0.15) is 0 Å². The maximum absolute atomic E-state index is 12.5. The Morgan fingerprint density at radius 1 is 1.21 bits per heavy atom. The van der Waals surface area contributed by atoms with Crippen LogP contribution in [0.15, 0.2) is 41.3 Å². The Kier molecular flexibility index (Phi) is 5.94. The lowest BCUT2D eigenvalue weighted by Crippen LogP contribution is -2.41. The SMILES string of the molecule is Cc1ccc(C)c(CNC(=O)[C@@H]2C[C@@H](O)[C@H](NC(=O)c3ccc[nH]c3=O)C2)c1. The first kappa shape index (κ1) is 19.8. The number of nitrogens with one attached hydrogen (secondary N) is 3. The second-order valence-corrected chi connectivity index (χ2v) is 7.38. The predicted octanol–water partition coefficient (Wildman–Crippen LogP) is 1.18. The van der Waals surface area contributed by atoms with Crippen LogP contribution in [0.5, 0.6) is 0 Å².